The standard InChI is InChI=1S/C14H15BO/c1-11-6-8-13(9-7-11)15-14-5-3-2-4-12(14)10-16-15/h4-9H,2-3,10H2,1H3. The average molecular weight is 210 g/mol. The lowest BCUT2D eigenvalue weighted by molar-refractivity contribution is 0.392. The predicted molar refractivity (Wildman–Crippen MR) is 67.9 cm³/mol. The fraction of sp³-hybridized carbons (Fsp3) is 0.286. The zero-order valence-electron chi connectivity index (χ0n) is 9.57. The van der Waals surface area contributed by atoms with Gasteiger partial charge in [-0.05, 0) is 36.3 Å². The molecule has 1 aromatic carbocycles. The first-order chi connectivity index (χ1) is 7.84. The Balaban J connectivity index is 1.94. The van der Waals surface area contributed by atoms with E-state index >= 15 is 0 Å². The summed E-state index contributed by atoms with van der Waals surface area (Å²) in [6, 6.07) is 8.67. The van der Waals surface area contributed by atoms with Gasteiger partial charge in [0, 0.05) is 0 Å². The van der Waals surface area contributed by atoms with Crippen LogP contribution >= 0.6 is 0 Å². The first-order valence-electron chi connectivity index (χ1n) is 5.92. The van der Waals surface area contributed by atoms with E-state index in [2.05, 4.69) is 43.3 Å². The molecular weight excluding hydrogens is 195 g/mol. The number of allylic oxidation sites excluding steroid dienone is 2. The second kappa shape index (κ2) is 3.95. The zero-order valence-corrected chi connectivity index (χ0v) is 9.57. The third-order valence-electron chi connectivity index (χ3n) is 3.36. The molecule has 16 heavy (non-hydrogen) atoms. The van der Waals surface area contributed by atoms with Crippen LogP contribution in [0.25, 0.3) is 0 Å². The summed E-state index contributed by atoms with van der Waals surface area (Å²) < 4.78 is 5.89. The van der Waals surface area contributed by atoms with Crippen LogP contribution in [0.3, 0.4) is 0 Å². The minimum Gasteiger partial charge on any atom is -0.423 e. The molecule has 0 amide bonds. The normalized spacial score (nSPS) is 19.2. The van der Waals surface area contributed by atoms with Crippen molar-refractivity contribution in [2.24, 2.45) is 0 Å². The highest BCUT2D eigenvalue weighted by Crippen LogP contribution is 2.27. The van der Waals surface area contributed by atoms with Crippen LogP contribution < -0.4 is 5.46 Å². The molecule has 2 aliphatic rings. The number of hydrogen-bond acceptors (Lipinski definition) is 1. The molecule has 2 heteroatoms. The van der Waals surface area contributed by atoms with E-state index < -0.39 is 0 Å². The van der Waals surface area contributed by atoms with E-state index in [4.69, 9.17) is 4.65 Å². The highest BCUT2D eigenvalue weighted by molar-refractivity contribution is 6.76. The molecule has 1 nitrogen and oxygen atoms in total. The van der Waals surface area contributed by atoms with Gasteiger partial charge in [0.2, 0.25) is 0 Å². The van der Waals surface area contributed by atoms with Gasteiger partial charge < -0.3 is 4.65 Å². The van der Waals surface area contributed by atoms with Crippen LogP contribution in [0.4, 0.5) is 0 Å². The summed E-state index contributed by atoms with van der Waals surface area (Å²) in [5, 5.41) is 0. The van der Waals surface area contributed by atoms with Crippen LogP contribution in [0.5, 0.6) is 0 Å². The zero-order chi connectivity index (χ0) is 11.0. The quantitative estimate of drug-likeness (QED) is 0.646. The van der Waals surface area contributed by atoms with Gasteiger partial charge in [-0.25, -0.2) is 0 Å². The molecule has 1 saturated heterocycles. The van der Waals surface area contributed by atoms with Gasteiger partial charge in [-0.15, -0.1) is 0 Å². The second-order valence-electron chi connectivity index (χ2n) is 4.57. The molecule has 0 radical (unpaired) electrons. The molecule has 1 heterocycles. The van der Waals surface area contributed by atoms with Crippen molar-refractivity contribution in [1.82, 2.24) is 0 Å². The van der Waals surface area contributed by atoms with Gasteiger partial charge in [0.05, 0.1) is 6.61 Å². The minimum atomic E-state index is 0.173. The van der Waals surface area contributed by atoms with Crippen molar-refractivity contribution in [3.63, 3.8) is 0 Å². The van der Waals surface area contributed by atoms with Crippen LogP contribution in [-0.4, -0.2) is 13.5 Å². The highest BCUT2D eigenvalue weighted by Gasteiger charge is 2.32. The van der Waals surface area contributed by atoms with Gasteiger partial charge in [-0.1, -0.05) is 42.0 Å². The molecule has 80 valence electrons. The topological polar surface area (TPSA) is 9.23 Å². The van der Waals surface area contributed by atoms with E-state index in [1.54, 1.807) is 0 Å². The summed E-state index contributed by atoms with van der Waals surface area (Å²) in [6.07, 6.45) is 6.99. The van der Waals surface area contributed by atoms with Gasteiger partial charge in [-0.2, -0.15) is 0 Å². The molecule has 0 spiro atoms. The van der Waals surface area contributed by atoms with Crippen LogP contribution in [0, 0.1) is 6.92 Å². The molecule has 3 rings (SSSR count). The molecule has 1 aliphatic heterocycles. The van der Waals surface area contributed by atoms with Gasteiger partial charge in [0.25, 0.3) is 0 Å². The van der Waals surface area contributed by atoms with Gasteiger partial charge in [-0.3, -0.25) is 0 Å². The van der Waals surface area contributed by atoms with Crippen molar-refractivity contribution in [3.05, 3.63) is 53.0 Å². The Hall–Kier alpha value is -1.28. The number of benzene rings is 1. The van der Waals surface area contributed by atoms with Crippen molar-refractivity contribution < 1.29 is 4.65 Å². The van der Waals surface area contributed by atoms with Crippen molar-refractivity contribution >= 4 is 12.4 Å². The number of fused-ring (bicyclic) bond motifs is 1. The van der Waals surface area contributed by atoms with Crippen molar-refractivity contribution in [2.45, 2.75) is 19.8 Å². The van der Waals surface area contributed by atoms with E-state index in [0.29, 0.717) is 0 Å². The van der Waals surface area contributed by atoms with E-state index in [1.807, 2.05) is 0 Å². The molecule has 0 unspecified atom stereocenters. The van der Waals surface area contributed by atoms with Crippen LogP contribution in [0.1, 0.15) is 18.4 Å². The SMILES string of the molecule is Cc1ccc(B2OCC3=CCCC=C23)cc1. The number of rotatable bonds is 1. The second-order valence-corrected chi connectivity index (χ2v) is 4.57. The molecule has 1 fully saturated rings. The first-order valence-corrected chi connectivity index (χ1v) is 5.92. The molecule has 0 bridgehead atoms. The molecule has 0 atom stereocenters. The average Bonchev–Trinajstić information content (AvgIpc) is 2.74. The van der Waals surface area contributed by atoms with E-state index in [9.17, 15) is 0 Å². The maximum Gasteiger partial charge on any atom is 0.361 e. The lowest BCUT2D eigenvalue weighted by Gasteiger charge is -2.10. The number of hydrogen-bond donors (Lipinski definition) is 0. The van der Waals surface area contributed by atoms with Gasteiger partial charge in [0.1, 0.15) is 0 Å². The molecule has 0 N–H and O–H groups in total. The van der Waals surface area contributed by atoms with Crippen molar-refractivity contribution in [3.8, 4) is 0 Å². The van der Waals surface area contributed by atoms with E-state index in [1.165, 1.54) is 28.5 Å². The largest absolute Gasteiger partial charge is 0.423 e. The summed E-state index contributed by atoms with van der Waals surface area (Å²) in [6.45, 7) is 3.07. The highest BCUT2D eigenvalue weighted by atomic mass is 16.4. The van der Waals surface area contributed by atoms with Crippen molar-refractivity contribution in [1.29, 1.82) is 0 Å². The molecule has 0 saturated carbocycles. The Bertz CT molecular complexity index is 456. The predicted octanol–water partition coefficient (Wildman–Crippen LogP) is 2.41. The van der Waals surface area contributed by atoms with Crippen LogP contribution in [0.2, 0.25) is 0 Å². The Morgan fingerprint density at radius 3 is 2.62 bits per heavy atom. The van der Waals surface area contributed by atoms with E-state index in [0.717, 1.165) is 13.0 Å². The summed E-state index contributed by atoms with van der Waals surface area (Å²) in [4.78, 5) is 0. The Morgan fingerprint density at radius 2 is 1.81 bits per heavy atom. The third kappa shape index (κ3) is 1.63. The summed E-state index contributed by atoms with van der Waals surface area (Å²) in [5.74, 6) is 0. The van der Waals surface area contributed by atoms with Gasteiger partial charge in [0.15, 0.2) is 0 Å². The van der Waals surface area contributed by atoms with Crippen LogP contribution in [-0.2, 0) is 4.65 Å². The first kappa shape index (κ1) is 9.92. The van der Waals surface area contributed by atoms with Crippen molar-refractivity contribution in [2.75, 3.05) is 6.61 Å². The van der Waals surface area contributed by atoms with Crippen LogP contribution in [0.15, 0.2) is 47.5 Å². The monoisotopic (exact) mass is 210 g/mol. The molecule has 1 aromatic rings. The Kier molecular flexibility index (Phi) is 2.45. The number of aryl methyl sites for hydroxylation is 1. The fourth-order valence-electron chi connectivity index (χ4n) is 2.44. The lowest BCUT2D eigenvalue weighted by Crippen LogP contribution is -2.31. The molecular formula is C14H15BO. The summed E-state index contributed by atoms with van der Waals surface area (Å²) in [5.41, 5.74) is 5.38. The maximum absolute atomic E-state index is 5.89. The summed E-state index contributed by atoms with van der Waals surface area (Å²) >= 11 is 0. The Morgan fingerprint density at radius 1 is 1.06 bits per heavy atom. The fourth-order valence-corrected chi connectivity index (χ4v) is 2.44. The maximum atomic E-state index is 5.89. The van der Waals surface area contributed by atoms with E-state index in [-0.39, 0.29) is 6.92 Å². The smallest absolute Gasteiger partial charge is 0.361 e. The van der Waals surface area contributed by atoms with Gasteiger partial charge >= 0.3 is 6.92 Å². The molecule has 0 aromatic heterocycles. The Labute approximate surface area is 96.9 Å². The molecule has 1 aliphatic carbocycles. The minimum absolute atomic E-state index is 0.173. The third-order valence-corrected chi connectivity index (χ3v) is 3.36. The lowest BCUT2D eigenvalue weighted by atomic mass is 9.54. The summed E-state index contributed by atoms with van der Waals surface area (Å²) in [7, 11) is 0.